The number of rotatable bonds is 9. The fourth-order valence-electron chi connectivity index (χ4n) is 1.89. The van der Waals surface area contributed by atoms with Crippen LogP contribution in [0.3, 0.4) is 0 Å². The minimum Gasteiger partial charge on any atom is -0.343 e. The number of carbonyl (C=O) groups is 1. The van der Waals surface area contributed by atoms with Crippen molar-refractivity contribution >= 4 is 5.91 Å². The maximum Gasteiger partial charge on any atom is 0.224 e. The summed E-state index contributed by atoms with van der Waals surface area (Å²) >= 11 is 0. The first kappa shape index (κ1) is 16.4. The summed E-state index contributed by atoms with van der Waals surface area (Å²) in [7, 11) is 0. The molecule has 0 aliphatic rings. The number of carbonyl (C=O) groups excluding carboxylic acids is 1. The molecule has 2 N–H and O–H groups in total. The van der Waals surface area contributed by atoms with Crippen molar-refractivity contribution < 1.29 is 4.79 Å². The standard InChI is InChI=1S/C13H29N3O/c1-5-15(6-2)9-8-10-16(7-3)13(17)11-12(4)14/h12H,5-11,14H2,1-4H3. The first-order valence-corrected chi connectivity index (χ1v) is 6.80. The van der Waals surface area contributed by atoms with Gasteiger partial charge in [0.15, 0.2) is 0 Å². The van der Waals surface area contributed by atoms with Gasteiger partial charge >= 0.3 is 0 Å². The zero-order chi connectivity index (χ0) is 13.3. The maximum absolute atomic E-state index is 11.8. The summed E-state index contributed by atoms with van der Waals surface area (Å²) in [6.07, 6.45) is 1.50. The molecule has 0 spiro atoms. The fraction of sp³-hybridized carbons (Fsp3) is 0.923. The van der Waals surface area contributed by atoms with Gasteiger partial charge in [0.1, 0.15) is 0 Å². The van der Waals surface area contributed by atoms with Crippen LogP contribution in [0.2, 0.25) is 0 Å². The molecule has 0 aliphatic heterocycles. The topological polar surface area (TPSA) is 49.6 Å². The van der Waals surface area contributed by atoms with Gasteiger partial charge in [0.05, 0.1) is 0 Å². The maximum atomic E-state index is 11.8. The van der Waals surface area contributed by atoms with Gasteiger partial charge < -0.3 is 15.5 Å². The van der Waals surface area contributed by atoms with Crippen molar-refractivity contribution in [1.82, 2.24) is 9.80 Å². The van der Waals surface area contributed by atoms with Crippen LogP contribution in [0.1, 0.15) is 40.5 Å². The van der Waals surface area contributed by atoms with Crippen LogP contribution in [0.4, 0.5) is 0 Å². The number of hydrogen-bond acceptors (Lipinski definition) is 3. The first-order valence-electron chi connectivity index (χ1n) is 6.80. The quantitative estimate of drug-likeness (QED) is 0.664. The van der Waals surface area contributed by atoms with E-state index in [1.807, 2.05) is 18.7 Å². The van der Waals surface area contributed by atoms with E-state index in [1.165, 1.54) is 0 Å². The highest BCUT2D eigenvalue weighted by Gasteiger charge is 2.13. The summed E-state index contributed by atoms with van der Waals surface area (Å²) in [4.78, 5) is 16.1. The molecule has 4 nitrogen and oxygen atoms in total. The Morgan fingerprint density at radius 1 is 1.12 bits per heavy atom. The lowest BCUT2D eigenvalue weighted by molar-refractivity contribution is -0.131. The zero-order valence-electron chi connectivity index (χ0n) is 11.9. The fourth-order valence-corrected chi connectivity index (χ4v) is 1.89. The van der Waals surface area contributed by atoms with E-state index >= 15 is 0 Å². The highest BCUT2D eigenvalue weighted by atomic mass is 16.2. The van der Waals surface area contributed by atoms with Crippen molar-refractivity contribution in [3.8, 4) is 0 Å². The predicted molar refractivity (Wildman–Crippen MR) is 72.9 cm³/mol. The van der Waals surface area contributed by atoms with E-state index in [4.69, 9.17) is 5.73 Å². The Morgan fingerprint density at radius 3 is 2.12 bits per heavy atom. The Labute approximate surface area is 106 Å². The van der Waals surface area contributed by atoms with Crippen LogP contribution in [0.25, 0.3) is 0 Å². The molecule has 0 fully saturated rings. The van der Waals surface area contributed by atoms with Gasteiger partial charge in [-0.15, -0.1) is 0 Å². The van der Waals surface area contributed by atoms with Gasteiger partial charge in [-0.25, -0.2) is 0 Å². The van der Waals surface area contributed by atoms with E-state index < -0.39 is 0 Å². The number of hydrogen-bond donors (Lipinski definition) is 1. The monoisotopic (exact) mass is 243 g/mol. The van der Waals surface area contributed by atoms with Gasteiger partial charge in [-0.3, -0.25) is 4.79 Å². The summed E-state index contributed by atoms with van der Waals surface area (Å²) < 4.78 is 0. The molecule has 0 aromatic carbocycles. The van der Waals surface area contributed by atoms with Crippen molar-refractivity contribution in [1.29, 1.82) is 0 Å². The van der Waals surface area contributed by atoms with Crippen LogP contribution in [0, 0.1) is 0 Å². The molecule has 0 rings (SSSR count). The molecule has 0 aromatic heterocycles. The molecule has 1 unspecified atom stereocenters. The van der Waals surface area contributed by atoms with Gasteiger partial charge in [0, 0.05) is 25.6 Å². The lowest BCUT2D eigenvalue weighted by Gasteiger charge is -2.24. The Bertz CT molecular complexity index is 203. The molecule has 0 aromatic rings. The van der Waals surface area contributed by atoms with E-state index in [-0.39, 0.29) is 11.9 Å². The van der Waals surface area contributed by atoms with Gasteiger partial charge in [0.25, 0.3) is 0 Å². The third-order valence-electron chi connectivity index (χ3n) is 3.03. The van der Waals surface area contributed by atoms with E-state index in [0.29, 0.717) is 6.42 Å². The molecule has 1 atom stereocenters. The highest BCUT2D eigenvalue weighted by Crippen LogP contribution is 2.00. The Hall–Kier alpha value is -0.610. The highest BCUT2D eigenvalue weighted by molar-refractivity contribution is 5.76. The number of nitrogens with zero attached hydrogens (tertiary/aromatic N) is 2. The summed E-state index contributed by atoms with van der Waals surface area (Å²) in [6, 6.07) is -0.0423. The molecule has 0 aliphatic carbocycles. The van der Waals surface area contributed by atoms with E-state index in [1.54, 1.807) is 0 Å². The van der Waals surface area contributed by atoms with Crippen molar-refractivity contribution in [2.75, 3.05) is 32.7 Å². The second kappa shape index (κ2) is 9.42. The SMILES string of the molecule is CCN(CC)CCCN(CC)C(=O)CC(C)N. The molecular weight excluding hydrogens is 214 g/mol. The molecular formula is C13H29N3O. The summed E-state index contributed by atoms with van der Waals surface area (Å²) in [5, 5.41) is 0. The molecule has 4 heteroatoms. The lowest BCUT2D eigenvalue weighted by Crippen LogP contribution is -2.37. The van der Waals surface area contributed by atoms with Gasteiger partial charge in [-0.2, -0.15) is 0 Å². The normalized spacial score (nSPS) is 12.8. The lowest BCUT2D eigenvalue weighted by atomic mass is 10.2. The summed E-state index contributed by atoms with van der Waals surface area (Å²) in [6.45, 7) is 13.1. The Morgan fingerprint density at radius 2 is 1.71 bits per heavy atom. The van der Waals surface area contributed by atoms with Crippen molar-refractivity contribution in [3.05, 3.63) is 0 Å². The number of nitrogens with two attached hydrogens (primary N) is 1. The second-order valence-corrected chi connectivity index (χ2v) is 4.54. The molecule has 0 saturated heterocycles. The molecule has 17 heavy (non-hydrogen) atoms. The average molecular weight is 243 g/mol. The molecule has 0 bridgehead atoms. The van der Waals surface area contributed by atoms with E-state index in [0.717, 1.165) is 39.1 Å². The Kier molecular flexibility index (Phi) is 9.09. The smallest absolute Gasteiger partial charge is 0.224 e. The van der Waals surface area contributed by atoms with E-state index in [2.05, 4.69) is 18.7 Å². The number of amides is 1. The van der Waals surface area contributed by atoms with Gasteiger partial charge in [0.2, 0.25) is 5.91 Å². The van der Waals surface area contributed by atoms with Gasteiger partial charge in [-0.05, 0) is 39.9 Å². The zero-order valence-corrected chi connectivity index (χ0v) is 11.9. The van der Waals surface area contributed by atoms with E-state index in [9.17, 15) is 4.79 Å². The van der Waals surface area contributed by atoms with Crippen LogP contribution in [-0.2, 0) is 4.79 Å². The first-order chi connectivity index (χ1) is 8.04. The van der Waals surface area contributed by atoms with Crippen LogP contribution in [-0.4, -0.2) is 54.5 Å². The largest absolute Gasteiger partial charge is 0.343 e. The minimum absolute atomic E-state index is 0.0423. The molecule has 0 saturated carbocycles. The minimum atomic E-state index is -0.0423. The third-order valence-corrected chi connectivity index (χ3v) is 3.03. The van der Waals surface area contributed by atoms with Gasteiger partial charge in [-0.1, -0.05) is 13.8 Å². The van der Waals surface area contributed by atoms with Crippen LogP contribution in [0.15, 0.2) is 0 Å². The third kappa shape index (κ3) is 7.34. The van der Waals surface area contributed by atoms with Crippen LogP contribution < -0.4 is 5.73 Å². The summed E-state index contributed by atoms with van der Waals surface area (Å²) in [5.74, 6) is 0.182. The average Bonchev–Trinajstić information content (AvgIpc) is 2.28. The molecule has 102 valence electrons. The van der Waals surface area contributed by atoms with Crippen molar-refractivity contribution in [2.24, 2.45) is 5.73 Å². The Balaban J connectivity index is 3.93. The predicted octanol–water partition coefficient (Wildman–Crippen LogP) is 1.30. The second-order valence-electron chi connectivity index (χ2n) is 4.54. The molecule has 0 radical (unpaired) electrons. The summed E-state index contributed by atoms with van der Waals surface area (Å²) in [5.41, 5.74) is 5.65. The molecule has 1 amide bonds. The van der Waals surface area contributed by atoms with Crippen molar-refractivity contribution in [2.45, 2.75) is 46.6 Å². The molecule has 0 heterocycles. The van der Waals surface area contributed by atoms with Crippen LogP contribution in [0.5, 0.6) is 0 Å². The van der Waals surface area contributed by atoms with Crippen LogP contribution >= 0.6 is 0 Å². The van der Waals surface area contributed by atoms with Crippen molar-refractivity contribution in [3.63, 3.8) is 0 Å².